The first kappa shape index (κ1) is 18.5. The lowest BCUT2D eigenvalue weighted by molar-refractivity contribution is -0.118. The number of anilines is 1. The fourth-order valence-electron chi connectivity index (χ4n) is 2.33. The SMILES string of the molecule is COc1cc(C=C2SC(=O)NC2=O)ccc1OCC(=O)Nc1ccccc1. The van der Waals surface area contributed by atoms with Crippen molar-refractivity contribution < 1.29 is 23.9 Å². The summed E-state index contributed by atoms with van der Waals surface area (Å²) in [7, 11) is 1.48. The fraction of sp³-hybridized carbons (Fsp3) is 0.105. The molecule has 138 valence electrons. The monoisotopic (exact) mass is 384 g/mol. The molecule has 2 aromatic carbocycles. The Morgan fingerprint density at radius 2 is 1.93 bits per heavy atom. The standard InChI is InChI=1S/C19H16N2O5S/c1-25-15-9-12(10-16-18(23)21-19(24)27-16)7-8-14(15)26-11-17(22)20-13-5-3-2-4-6-13/h2-10H,11H2,1H3,(H,20,22)(H,21,23,24). The molecule has 0 spiro atoms. The van der Waals surface area contributed by atoms with E-state index in [0.717, 1.165) is 11.8 Å². The van der Waals surface area contributed by atoms with Crippen molar-refractivity contribution in [1.82, 2.24) is 5.32 Å². The zero-order valence-electron chi connectivity index (χ0n) is 14.4. The number of imide groups is 1. The zero-order chi connectivity index (χ0) is 19.2. The summed E-state index contributed by atoms with van der Waals surface area (Å²) in [5.74, 6) is 0.0721. The van der Waals surface area contributed by atoms with Crippen LogP contribution in [0, 0.1) is 0 Å². The molecule has 8 heteroatoms. The van der Waals surface area contributed by atoms with Gasteiger partial charge in [-0.15, -0.1) is 0 Å². The first-order valence-electron chi connectivity index (χ1n) is 7.96. The Hall–Kier alpha value is -3.26. The average molecular weight is 384 g/mol. The smallest absolute Gasteiger partial charge is 0.290 e. The van der Waals surface area contributed by atoms with Crippen molar-refractivity contribution in [2.45, 2.75) is 0 Å². The van der Waals surface area contributed by atoms with Crippen LogP contribution in [0.2, 0.25) is 0 Å². The predicted molar refractivity (Wildman–Crippen MR) is 103 cm³/mol. The van der Waals surface area contributed by atoms with Crippen LogP contribution in [0.4, 0.5) is 10.5 Å². The minimum atomic E-state index is -0.429. The van der Waals surface area contributed by atoms with E-state index in [2.05, 4.69) is 10.6 Å². The van der Waals surface area contributed by atoms with Gasteiger partial charge in [-0.2, -0.15) is 0 Å². The van der Waals surface area contributed by atoms with Crippen molar-refractivity contribution in [3.8, 4) is 11.5 Å². The maximum Gasteiger partial charge on any atom is 0.290 e. The Bertz CT molecular complexity index is 912. The maximum atomic E-state index is 12.0. The lowest BCUT2D eigenvalue weighted by atomic mass is 10.2. The molecule has 3 rings (SSSR count). The third-order valence-electron chi connectivity index (χ3n) is 3.54. The molecule has 1 aliphatic rings. The molecule has 0 aliphatic carbocycles. The molecule has 0 aromatic heterocycles. The second kappa shape index (κ2) is 8.41. The lowest BCUT2D eigenvalue weighted by Gasteiger charge is -2.11. The second-order valence-electron chi connectivity index (χ2n) is 5.47. The van der Waals surface area contributed by atoms with Crippen LogP contribution in [0.5, 0.6) is 11.5 Å². The van der Waals surface area contributed by atoms with Crippen molar-refractivity contribution in [1.29, 1.82) is 0 Å². The predicted octanol–water partition coefficient (Wildman–Crippen LogP) is 3.04. The van der Waals surface area contributed by atoms with Gasteiger partial charge in [-0.1, -0.05) is 24.3 Å². The molecule has 1 heterocycles. The van der Waals surface area contributed by atoms with Crippen molar-refractivity contribution in [3.63, 3.8) is 0 Å². The normalized spacial score (nSPS) is 14.8. The topological polar surface area (TPSA) is 93.7 Å². The van der Waals surface area contributed by atoms with Crippen LogP contribution in [-0.2, 0) is 9.59 Å². The van der Waals surface area contributed by atoms with Gasteiger partial charge in [-0.25, -0.2) is 0 Å². The van der Waals surface area contributed by atoms with Crippen LogP contribution in [0.15, 0.2) is 53.4 Å². The number of benzene rings is 2. The molecule has 2 aromatic rings. The Morgan fingerprint density at radius 1 is 1.15 bits per heavy atom. The number of carbonyl (C=O) groups excluding carboxylic acids is 3. The first-order chi connectivity index (χ1) is 13.0. The van der Waals surface area contributed by atoms with Gasteiger partial charge < -0.3 is 14.8 Å². The van der Waals surface area contributed by atoms with E-state index in [9.17, 15) is 14.4 Å². The van der Waals surface area contributed by atoms with Crippen LogP contribution >= 0.6 is 11.8 Å². The number of methoxy groups -OCH3 is 1. The first-order valence-corrected chi connectivity index (χ1v) is 8.77. The highest BCUT2D eigenvalue weighted by molar-refractivity contribution is 8.18. The number of hydrogen-bond acceptors (Lipinski definition) is 6. The van der Waals surface area contributed by atoms with E-state index in [1.807, 2.05) is 18.2 Å². The third kappa shape index (κ3) is 4.89. The van der Waals surface area contributed by atoms with E-state index in [4.69, 9.17) is 9.47 Å². The highest BCUT2D eigenvalue weighted by Gasteiger charge is 2.25. The summed E-state index contributed by atoms with van der Waals surface area (Å²) in [5.41, 5.74) is 1.35. The quantitative estimate of drug-likeness (QED) is 0.744. The van der Waals surface area contributed by atoms with Crippen LogP contribution in [-0.4, -0.2) is 30.8 Å². The second-order valence-corrected chi connectivity index (χ2v) is 6.48. The lowest BCUT2D eigenvalue weighted by Crippen LogP contribution is -2.20. The Morgan fingerprint density at radius 3 is 2.59 bits per heavy atom. The molecule has 1 saturated heterocycles. The molecule has 0 radical (unpaired) electrons. The summed E-state index contributed by atoms with van der Waals surface area (Å²) in [6.45, 7) is -0.182. The van der Waals surface area contributed by atoms with Gasteiger partial charge in [-0.05, 0) is 47.7 Å². The van der Waals surface area contributed by atoms with Crippen molar-refractivity contribution in [3.05, 3.63) is 59.0 Å². The van der Waals surface area contributed by atoms with Gasteiger partial charge in [0.1, 0.15) is 0 Å². The molecular weight excluding hydrogens is 368 g/mol. The van der Waals surface area contributed by atoms with Crippen LogP contribution in [0.1, 0.15) is 5.56 Å². The molecule has 1 fully saturated rings. The van der Waals surface area contributed by atoms with E-state index >= 15 is 0 Å². The molecule has 27 heavy (non-hydrogen) atoms. The van der Waals surface area contributed by atoms with Crippen LogP contribution in [0.3, 0.4) is 0 Å². The summed E-state index contributed by atoms with van der Waals surface area (Å²) >= 11 is 0.838. The maximum absolute atomic E-state index is 12.0. The van der Waals surface area contributed by atoms with Gasteiger partial charge in [-0.3, -0.25) is 19.7 Å². The van der Waals surface area contributed by atoms with Crippen LogP contribution < -0.4 is 20.1 Å². The minimum absolute atomic E-state index is 0.182. The molecule has 7 nitrogen and oxygen atoms in total. The zero-order valence-corrected chi connectivity index (χ0v) is 15.2. The Kier molecular flexibility index (Phi) is 5.77. The highest BCUT2D eigenvalue weighted by Crippen LogP contribution is 2.31. The van der Waals surface area contributed by atoms with Gasteiger partial charge >= 0.3 is 0 Å². The molecule has 0 saturated carbocycles. The molecule has 0 unspecified atom stereocenters. The van der Waals surface area contributed by atoms with Gasteiger partial charge in [0, 0.05) is 5.69 Å². The molecule has 0 atom stereocenters. The van der Waals surface area contributed by atoms with E-state index in [0.29, 0.717) is 27.7 Å². The highest BCUT2D eigenvalue weighted by atomic mass is 32.2. The van der Waals surface area contributed by atoms with Crippen molar-refractivity contribution in [2.75, 3.05) is 19.0 Å². The molecule has 0 bridgehead atoms. The summed E-state index contributed by atoms with van der Waals surface area (Å²) < 4.78 is 10.8. The number of ether oxygens (including phenoxy) is 2. The van der Waals surface area contributed by atoms with Gasteiger partial charge in [0.05, 0.1) is 12.0 Å². The fourth-order valence-corrected chi connectivity index (χ4v) is 3.01. The Labute approximate surface area is 159 Å². The molecular formula is C19H16N2O5S. The van der Waals surface area contributed by atoms with Crippen molar-refractivity contribution in [2.24, 2.45) is 0 Å². The summed E-state index contributed by atoms with van der Waals surface area (Å²) in [4.78, 5) is 35.1. The number of thioether (sulfide) groups is 1. The average Bonchev–Trinajstić information content (AvgIpc) is 2.98. The van der Waals surface area contributed by atoms with E-state index in [1.54, 1.807) is 36.4 Å². The summed E-state index contributed by atoms with van der Waals surface area (Å²) in [5, 5.41) is 4.52. The third-order valence-corrected chi connectivity index (χ3v) is 4.35. The van der Waals surface area contributed by atoms with Crippen LogP contribution in [0.25, 0.3) is 6.08 Å². The van der Waals surface area contributed by atoms with E-state index < -0.39 is 11.1 Å². The molecule has 3 amide bonds. The van der Waals surface area contributed by atoms with Gasteiger partial charge in [0.15, 0.2) is 18.1 Å². The van der Waals surface area contributed by atoms with Gasteiger partial charge in [0.2, 0.25) is 0 Å². The van der Waals surface area contributed by atoms with E-state index in [1.165, 1.54) is 7.11 Å². The number of nitrogens with one attached hydrogen (secondary N) is 2. The largest absolute Gasteiger partial charge is 0.493 e. The molecule has 1 aliphatic heterocycles. The van der Waals surface area contributed by atoms with Crippen molar-refractivity contribution >= 4 is 40.6 Å². The summed E-state index contributed by atoms with van der Waals surface area (Å²) in [6, 6.07) is 14.1. The number of para-hydroxylation sites is 1. The van der Waals surface area contributed by atoms with E-state index in [-0.39, 0.29) is 12.5 Å². The minimum Gasteiger partial charge on any atom is -0.493 e. The van der Waals surface area contributed by atoms with Gasteiger partial charge in [0.25, 0.3) is 17.1 Å². The summed E-state index contributed by atoms with van der Waals surface area (Å²) in [6.07, 6.45) is 1.58. The number of hydrogen-bond donors (Lipinski definition) is 2. The Balaban J connectivity index is 1.66. The molecule has 2 N–H and O–H groups in total. The number of rotatable bonds is 6. The number of amides is 3. The number of carbonyl (C=O) groups is 3.